The lowest BCUT2D eigenvalue weighted by atomic mass is 10.1. The molecule has 2 heterocycles. The van der Waals surface area contributed by atoms with E-state index in [1.807, 2.05) is 44.2 Å². The van der Waals surface area contributed by atoms with E-state index in [9.17, 15) is 8.42 Å². The van der Waals surface area contributed by atoms with Gasteiger partial charge in [0.15, 0.2) is 17.3 Å². The average Bonchev–Trinajstić information content (AvgIpc) is 3.07. The number of fused-ring (bicyclic) bond motifs is 1. The van der Waals surface area contributed by atoms with Crippen LogP contribution in [0.25, 0.3) is 17.0 Å². The van der Waals surface area contributed by atoms with E-state index in [-0.39, 0.29) is 10.7 Å². The minimum absolute atomic E-state index is 0.192. The van der Waals surface area contributed by atoms with Crippen LogP contribution in [0.3, 0.4) is 0 Å². The van der Waals surface area contributed by atoms with Crippen molar-refractivity contribution in [2.24, 2.45) is 0 Å². The van der Waals surface area contributed by atoms with Gasteiger partial charge >= 0.3 is 0 Å². The number of nitrogens with zero attached hydrogens (tertiary/aromatic N) is 4. The van der Waals surface area contributed by atoms with Crippen molar-refractivity contribution in [2.75, 3.05) is 4.72 Å². The summed E-state index contributed by atoms with van der Waals surface area (Å²) in [6, 6.07) is 17.7. The molecule has 0 spiro atoms. The Labute approximate surface area is 156 Å². The predicted molar refractivity (Wildman–Crippen MR) is 103 cm³/mol. The summed E-state index contributed by atoms with van der Waals surface area (Å²) in [6.07, 6.45) is 0. The second kappa shape index (κ2) is 6.48. The van der Waals surface area contributed by atoms with Gasteiger partial charge in [-0.05, 0) is 49.2 Å². The molecular weight excluding hydrogens is 362 g/mol. The van der Waals surface area contributed by atoms with Gasteiger partial charge in [0.1, 0.15) is 0 Å². The number of hydrogen-bond acceptors (Lipinski definition) is 5. The quantitative estimate of drug-likeness (QED) is 0.588. The standard InChI is InChI=1S/C19H17N5O2S/c1-13-8-9-16(12-14(13)2)27(25,26)23-17-10-11-18-20-21-19(24(18)22-17)15-6-4-3-5-7-15/h3-12H,1-2H3,(H,22,23). The van der Waals surface area contributed by atoms with Gasteiger partial charge in [-0.2, -0.15) is 4.52 Å². The summed E-state index contributed by atoms with van der Waals surface area (Å²) in [5.74, 6) is 0.732. The maximum atomic E-state index is 12.7. The second-order valence-corrected chi connectivity index (χ2v) is 7.91. The molecule has 8 heteroatoms. The highest BCUT2D eigenvalue weighted by Gasteiger charge is 2.17. The molecule has 0 atom stereocenters. The van der Waals surface area contributed by atoms with E-state index in [1.54, 1.807) is 30.3 Å². The Morgan fingerprint density at radius 3 is 2.41 bits per heavy atom. The molecule has 2 aromatic heterocycles. The predicted octanol–water partition coefficient (Wildman–Crippen LogP) is 3.21. The summed E-state index contributed by atoms with van der Waals surface area (Å²) in [5, 5.41) is 12.6. The van der Waals surface area contributed by atoms with E-state index in [0.717, 1.165) is 16.7 Å². The van der Waals surface area contributed by atoms with Crippen LogP contribution in [0, 0.1) is 13.8 Å². The van der Waals surface area contributed by atoms with Crippen LogP contribution < -0.4 is 4.72 Å². The molecule has 4 aromatic rings. The van der Waals surface area contributed by atoms with Crippen molar-refractivity contribution in [3.05, 3.63) is 71.8 Å². The molecule has 27 heavy (non-hydrogen) atoms. The molecule has 136 valence electrons. The molecule has 0 amide bonds. The van der Waals surface area contributed by atoms with E-state index in [1.165, 1.54) is 4.52 Å². The first-order chi connectivity index (χ1) is 12.9. The highest BCUT2D eigenvalue weighted by molar-refractivity contribution is 7.92. The van der Waals surface area contributed by atoms with E-state index >= 15 is 0 Å². The van der Waals surface area contributed by atoms with Gasteiger partial charge in [0.2, 0.25) is 0 Å². The molecule has 0 aliphatic rings. The van der Waals surface area contributed by atoms with Crippen molar-refractivity contribution in [2.45, 2.75) is 18.7 Å². The summed E-state index contributed by atoms with van der Waals surface area (Å²) < 4.78 is 29.5. The smallest absolute Gasteiger partial charge is 0.262 e. The van der Waals surface area contributed by atoms with Crippen molar-refractivity contribution < 1.29 is 8.42 Å². The highest BCUT2D eigenvalue weighted by Crippen LogP contribution is 2.20. The van der Waals surface area contributed by atoms with Crippen molar-refractivity contribution in [3.8, 4) is 11.4 Å². The van der Waals surface area contributed by atoms with E-state index in [4.69, 9.17) is 0 Å². The Morgan fingerprint density at radius 1 is 0.889 bits per heavy atom. The zero-order valence-corrected chi connectivity index (χ0v) is 15.6. The summed E-state index contributed by atoms with van der Waals surface area (Å²) in [5.41, 5.74) is 3.31. The topological polar surface area (TPSA) is 89.2 Å². The Morgan fingerprint density at radius 2 is 1.67 bits per heavy atom. The average molecular weight is 379 g/mol. The number of benzene rings is 2. The fraction of sp³-hybridized carbons (Fsp3) is 0.105. The maximum Gasteiger partial charge on any atom is 0.263 e. The van der Waals surface area contributed by atoms with Crippen LogP contribution in [-0.4, -0.2) is 28.2 Å². The van der Waals surface area contributed by atoms with Gasteiger partial charge in [-0.1, -0.05) is 36.4 Å². The fourth-order valence-electron chi connectivity index (χ4n) is 2.69. The van der Waals surface area contributed by atoms with Crippen molar-refractivity contribution >= 4 is 21.5 Å². The zero-order valence-electron chi connectivity index (χ0n) is 14.8. The number of anilines is 1. The van der Waals surface area contributed by atoms with Gasteiger partial charge < -0.3 is 0 Å². The molecule has 7 nitrogen and oxygen atoms in total. The van der Waals surface area contributed by atoms with Gasteiger partial charge in [0, 0.05) is 5.56 Å². The van der Waals surface area contributed by atoms with E-state index in [2.05, 4.69) is 20.0 Å². The molecule has 0 bridgehead atoms. The van der Waals surface area contributed by atoms with Crippen LogP contribution >= 0.6 is 0 Å². The largest absolute Gasteiger partial charge is 0.263 e. The fourth-order valence-corrected chi connectivity index (χ4v) is 3.77. The molecule has 0 saturated heterocycles. The second-order valence-electron chi connectivity index (χ2n) is 6.23. The van der Waals surface area contributed by atoms with Gasteiger partial charge in [-0.3, -0.25) is 4.72 Å². The molecule has 0 saturated carbocycles. The molecule has 4 rings (SSSR count). The molecule has 1 N–H and O–H groups in total. The Kier molecular flexibility index (Phi) is 4.12. The Balaban J connectivity index is 1.73. The van der Waals surface area contributed by atoms with Gasteiger partial charge in [-0.15, -0.1) is 15.3 Å². The molecule has 0 radical (unpaired) electrons. The van der Waals surface area contributed by atoms with Crippen LogP contribution in [0.2, 0.25) is 0 Å². The van der Waals surface area contributed by atoms with Crippen LogP contribution in [0.15, 0.2) is 65.6 Å². The lowest BCUT2D eigenvalue weighted by Gasteiger charge is -2.09. The lowest BCUT2D eigenvalue weighted by molar-refractivity contribution is 0.600. The monoisotopic (exact) mass is 379 g/mol. The molecular formula is C19H17N5O2S. The number of aryl methyl sites for hydroxylation is 2. The zero-order chi connectivity index (χ0) is 19.0. The number of aromatic nitrogens is 4. The normalized spacial score (nSPS) is 11.6. The summed E-state index contributed by atoms with van der Waals surface area (Å²) in [6.45, 7) is 3.81. The SMILES string of the molecule is Cc1ccc(S(=O)(=O)Nc2ccc3nnc(-c4ccccc4)n3n2)cc1C. The Bertz CT molecular complexity index is 1230. The summed E-state index contributed by atoms with van der Waals surface area (Å²) in [4.78, 5) is 0.194. The molecule has 0 unspecified atom stereocenters. The van der Waals surface area contributed by atoms with E-state index < -0.39 is 10.0 Å². The third kappa shape index (κ3) is 3.26. The lowest BCUT2D eigenvalue weighted by Crippen LogP contribution is -2.15. The van der Waals surface area contributed by atoms with Crippen LogP contribution in [-0.2, 0) is 10.0 Å². The molecule has 0 aliphatic carbocycles. The number of hydrogen-bond donors (Lipinski definition) is 1. The van der Waals surface area contributed by atoms with Crippen LogP contribution in [0.4, 0.5) is 5.82 Å². The first-order valence-corrected chi connectivity index (χ1v) is 9.80. The Hall–Kier alpha value is -3.26. The number of rotatable bonds is 4. The van der Waals surface area contributed by atoms with Crippen LogP contribution in [0.5, 0.6) is 0 Å². The van der Waals surface area contributed by atoms with Gasteiger partial charge in [-0.25, -0.2) is 8.42 Å². The highest BCUT2D eigenvalue weighted by atomic mass is 32.2. The minimum Gasteiger partial charge on any atom is -0.262 e. The third-order valence-corrected chi connectivity index (χ3v) is 5.67. The summed E-state index contributed by atoms with van der Waals surface area (Å²) in [7, 11) is -3.75. The van der Waals surface area contributed by atoms with Crippen molar-refractivity contribution in [3.63, 3.8) is 0 Å². The number of sulfonamides is 1. The maximum absolute atomic E-state index is 12.7. The minimum atomic E-state index is -3.75. The van der Waals surface area contributed by atoms with Crippen molar-refractivity contribution in [1.29, 1.82) is 0 Å². The van der Waals surface area contributed by atoms with E-state index in [0.29, 0.717) is 11.5 Å². The third-order valence-electron chi connectivity index (χ3n) is 4.32. The molecule has 0 fully saturated rings. The van der Waals surface area contributed by atoms with Crippen LogP contribution in [0.1, 0.15) is 11.1 Å². The first kappa shape index (κ1) is 17.2. The molecule has 0 aliphatic heterocycles. The summed E-state index contributed by atoms with van der Waals surface area (Å²) >= 11 is 0. The molecule has 2 aromatic carbocycles. The number of nitrogens with one attached hydrogen (secondary N) is 1. The van der Waals surface area contributed by atoms with Gasteiger partial charge in [0.25, 0.3) is 10.0 Å². The first-order valence-electron chi connectivity index (χ1n) is 8.32. The van der Waals surface area contributed by atoms with Crippen molar-refractivity contribution in [1.82, 2.24) is 19.8 Å². The van der Waals surface area contributed by atoms with Gasteiger partial charge in [0.05, 0.1) is 4.90 Å².